The molecule has 0 saturated carbocycles. The molecule has 2 heterocycles. The number of piperidine rings is 1. The van der Waals surface area contributed by atoms with Crippen molar-refractivity contribution in [2.45, 2.75) is 31.7 Å². The van der Waals surface area contributed by atoms with E-state index in [9.17, 15) is 4.79 Å². The second-order valence-electron chi connectivity index (χ2n) is 6.52. The Hall–Kier alpha value is -1.75. The number of likely N-dealkylation sites (tertiary alicyclic amines) is 1. The Balaban J connectivity index is 1.70. The number of pyridine rings is 1. The minimum Gasteiger partial charge on any atom is -0.497 e. The molecular formula is C19H24N2O2S. The fourth-order valence-electron chi connectivity index (χ4n) is 2.99. The molecule has 5 heteroatoms. The van der Waals surface area contributed by atoms with Crippen LogP contribution in [0.4, 0.5) is 0 Å². The zero-order valence-electron chi connectivity index (χ0n) is 14.5. The van der Waals surface area contributed by atoms with Gasteiger partial charge in [0, 0.05) is 24.5 Å². The molecule has 1 amide bonds. The van der Waals surface area contributed by atoms with Crippen molar-refractivity contribution < 1.29 is 9.53 Å². The average molecular weight is 344 g/mol. The lowest BCUT2D eigenvalue weighted by atomic mass is 9.99. The third kappa shape index (κ3) is 3.83. The maximum absolute atomic E-state index is 12.4. The van der Waals surface area contributed by atoms with E-state index < -0.39 is 0 Å². The number of benzene rings is 1. The summed E-state index contributed by atoms with van der Waals surface area (Å²) in [4.78, 5) is 19.1. The standard InChI is InChI=1S/C19H24N2O2S/c1-13-6-8-21(9-7-13)18(22)12-24-19-14(2)10-15-4-5-16(23-3)11-17(15)20-19/h4-5,10-11,13H,6-9,12H2,1-3H3. The van der Waals surface area contributed by atoms with Gasteiger partial charge < -0.3 is 9.64 Å². The molecule has 1 saturated heterocycles. The number of thioether (sulfide) groups is 1. The highest BCUT2D eigenvalue weighted by Crippen LogP contribution is 2.27. The number of hydrogen-bond acceptors (Lipinski definition) is 4. The topological polar surface area (TPSA) is 42.4 Å². The molecule has 0 N–H and O–H groups in total. The fourth-order valence-corrected chi connectivity index (χ4v) is 3.88. The van der Waals surface area contributed by atoms with Gasteiger partial charge in [-0.15, -0.1) is 0 Å². The maximum Gasteiger partial charge on any atom is 0.232 e. The Bertz CT molecular complexity index is 739. The summed E-state index contributed by atoms with van der Waals surface area (Å²) in [6.45, 7) is 6.09. The number of ether oxygens (including phenoxy) is 1. The zero-order chi connectivity index (χ0) is 17.1. The maximum atomic E-state index is 12.4. The summed E-state index contributed by atoms with van der Waals surface area (Å²) >= 11 is 1.53. The molecule has 1 fully saturated rings. The lowest BCUT2D eigenvalue weighted by Gasteiger charge is -2.30. The number of carbonyl (C=O) groups is 1. The van der Waals surface area contributed by atoms with Crippen molar-refractivity contribution in [2.75, 3.05) is 26.0 Å². The smallest absolute Gasteiger partial charge is 0.232 e. The summed E-state index contributed by atoms with van der Waals surface area (Å²) in [6.07, 6.45) is 2.23. The van der Waals surface area contributed by atoms with Crippen LogP contribution < -0.4 is 4.74 Å². The van der Waals surface area contributed by atoms with Crippen molar-refractivity contribution in [2.24, 2.45) is 5.92 Å². The molecule has 0 radical (unpaired) electrons. The van der Waals surface area contributed by atoms with E-state index in [1.807, 2.05) is 30.0 Å². The summed E-state index contributed by atoms with van der Waals surface area (Å²) in [7, 11) is 1.66. The van der Waals surface area contributed by atoms with Crippen molar-refractivity contribution in [1.82, 2.24) is 9.88 Å². The van der Waals surface area contributed by atoms with Gasteiger partial charge in [0.25, 0.3) is 0 Å². The Kier molecular flexibility index (Phi) is 5.29. The first-order valence-electron chi connectivity index (χ1n) is 8.43. The second kappa shape index (κ2) is 7.43. The van der Waals surface area contributed by atoms with Gasteiger partial charge in [0.05, 0.1) is 18.4 Å². The molecule has 0 unspecified atom stereocenters. The van der Waals surface area contributed by atoms with Gasteiger partial charge in [-0.25, -0.2) is 4.98 Å². The highest BCUT2D eigenvalue weighted by molar-refractivity contribution is 7.99. The fraction of sp³-hybridized carbons (Fsp3) is 0.474. The first-order chi connectivity index (χ1) is 11.6. The molecular weight excluding hydrogens is 320 g/mol. The predicted octanol–water partition coefficient (Wildman–Crippen LogP) is 3.90. The van der Waals surface area contributed by atoms with Crippen molar-refractivity contribution in [3.63, 3.8) is 0 Å². The van der Waals surface area contributed by atoms with E-state index in [0.29, 0.717) is 5.75 Å². The normalized spacial score (nSPS) is 15.7. The SMILES string of the molecule is COc1ccc2cc(C)c(SCC(=O)N3CCC(C)CC3)nc2c1. The van der Waals surface area contributed by atoms with Gasteiger partial charge in [-0.3, -0.25) is 4.79 Å². The number of carbonyl (C=O) groups excluding carboxylic acids is 1. The van der Waals surface area contributed by atoms with Crippen LogP contribution in [0.25, 0.3) is 10.9 Å². The summed E-state index contributed by atoms with van der Waals surface area (Å²) in [5, 5.41) is 2.02. The molecule has 4 nitrogen and oxygen atoms in total. The predicted molar refractivity (Wildman–Crippen MR) is 98.7 cm³/mol. The number of fused-ring (bicyclic) bond motifs is 1. The van der Waals surface area contributed by atoms with Crippen LogP contribution in [0.15, 0.2) is 29.3 Å². The summed E-state index contributed by atoms with van der Waals surface area (Å²) in [5.41, 5.74) is 2.01. The lowest BCUT2D eigenvalue weighted by Crippen LogP contribution is -2.38. The molecule has 1 aromatic heterocycles. The largest absolute Gasteiger partial charge is 0.497 e. The molecule has 0 bridgehead atoms. The number of aryl methyl sites for hydroxylation is 1. The Morgan fingerprint density at radius 1 is 1.33 bits per heavy atom. The molecule has 2 aromatic rings. The Morgan fingerprint density at radius 2 is 2.08 bits per heavy atom. The Morgan fingerprint density at radius 3 is 2.79 bits per heavy atom. The molecule has 1 aromatic carbocycles. The van der Waals surface area contributed by atoms with E-state index in [-0.39, 0.29) is 5.91 Å². The van der Waals surface area contributed by atoms with Gasteiger partial charge in [-0.05, 0) is 49.4 Å². The summed E-state index contributed by atoms with van der Waals surface area (Å²) < 4.78 is 5.27. The van der Waals surface area contributed by atoms with Crippen LogP contribution in [0.5, 0.6) is 5.75 Å². The minimum absolute atomic E-state index is 0.221. The van der Waals surface area contributed by atoms with E-state index in [1.165, 1.54) is 11.8 Å². The first kappa shape index (κ1) is 17.1. The van der Waals surface area contributed by atoms with Crippen LogP contribution in [0.2, 0.25) is 0 Å². The molecule has 0 aliphatic carbocycles. The highest BCUT2D eigenvalue weighted by atomic mass is 32.2. The number of nitrogens with zero attached hydrogens (tertiary/aromatic N) is 2. The highest BCUT2D eigenvalue weighted by Gasteiger charge is 2.20. The van der Waals surface area contributed by atoms with Crippen LogP contribution in [-0.4, -0.2) is 41.7 Å². The van der Waals surface area contributed by atoms with Crippen LogP contribution in [0, 0.1) is 12.8 Å². The minimum atomic E-state index is 0.221. The number of aromatic nitrogens is 1. The van der Waals surface area contributed by atoms with Crippen molar-refractivity contribution in [3.05, 3.63) is 29.8 Å². The van der Waals surface area contributed by atoms with E-state index in [4.69, 9.17) is 9.72 Å². The van der Waals surface area contributed by atoms with Crippen molar-refractivity contribution >= 4 is 28.6 Å². The molecule has 0 atom stereocenters. The zero-order valence-corrected chi connectivity index (χ0v) is 15.4. The quantitative estimate of drug-likeness (QED) is 0.789. The third-order valence-corrected chi connectivity index (χ3v) is 5.72. The molecule has 0 spiro atoms. The van der Waals surface area contributed by atoms with Gasteiger partial charge in [-0.2, -0.15) is 0 Å². The van der Waals surface area contributed by atoms with Crippen molar-refractivity contribution in [1.29, 1.82) is 0 Å². The van der Waals surface area contributed by atoms with Gasteiger partial charge >= 0.3 is 0 Å². The van der Waals surface area contributed by atoms with Gasteiger partial charge in [0.1, 0.15) is 10.8 Å². The molecule has 3 rings (SSSR count). The van der Waals surface area contributed by atoms with E-state index in [1.54, 1.807) is 7.11 Å². The van der Waals surface area contributed by atoms with Gasteiger partial charge in [0.2, 0.25) is 5.91 Å². The number of rotatable bonds is 4. The average Bonchev–Trinajstić information content (AvgIpc) is 2.60. The molecule has 128 valence electrons. The molecule has 1 aliphatic heterocycles. The van der Waals surface area contributed by atoms with Gasteiger partial charge in [0.15, 0.2) is 0 Å². The van der Waals surface area contributed by atoms with Crippen LogP contribution in [0.1, 0.15) is 25.3 Å². The van der Waals surface area contributed by atoms with Crippen LogP contribution in [0.3, 0.4) is 0 Å². The molecule has 1 aliphatic rings. The first-order valence-corrected chi connectivity index (χ1v) is 9.41. The number of amides is 1. The van der Waals surface area contributed by atoms with Crippen LogP contribution in [-0.2, 0) is 4.79 Å². The number of methoxy groups -OCH3 is 1. The summed E-state index contributed by atoms with van der Waals surface area (Å²) in [5.74, 6) is 2.21. The summed E-state index contributed by atoms with van der Waals surface area (Å²) in [6, 6.07) is 8.02. The van der Waals surface area contributed by atoms with E-state index in [0.717, 1.165) is 59.1 Å². The van der Waals surface area contributed by atoms with Crippen LogP contribution >= 0.6 is 11.8 Å². The Labute approximate surface area is 147 Å². The van der Waals surface area contributed by atoms with E-state index in [2.05, 4.69) is 13.0 Å². The van der Waals surface area contributed by atoms with E-state index >= 15 is 0 Å². The third-order valence-electron chi connectivity index (χ3n) is 4.64. The van der Waals surface area contributed by atoms with Crippen molar-refractivity contribution in [3.8, 4) is 5.75 Å². The molecule has 24 heavy (non-hydrogen) atoms. The number of hydrogen-bond donors (Lipinski definition) is 0. The monoisotopic (exact) mass is 344 g/mol. The second-order valence-corrected chi connectivity index (χ2v) is 7.49. The van der Waals surface area contributed by atoms with Gasteiger partial charge in [-0.1, -0.05) is 18.7 Å². The lowest BCUT2D eigenvalue weighted by molar-refractivity contribution is -0.129.